The Hall–Kier alpha value is -0.420. The Kier molecular flexibility index (Phi) is 5.63. The number of ether oxygens (including phenoxy) is 1. The molecule has 0 saturated carbocycles. The molecule has 0 amide bonds. The van der Waals surface area contributed by atoms with Crippen molar-refractivity contribution in [2.45, 2.75) is 12.8 Å². The van der Waals surface area contributed by atoms with Crippen molar-refractivity contribution >= 4 is 15.9 Å². The van der Waals surface area contributed by atoms with Gasteiger partial charge in [0.25, 0.3) is 0 Å². The zero-order valence-corrected chi connectivity index (χ0v) is 12.3. The number of hydrogen-bond acceptors (Lipinski definition) is 3. The Bertz CT molecular complexity index is 378. The molecule has 100 valence electrons. The fourth-order valence-electron chi connectivity index (χ4n) is 2.22. The summed E-state index contributed by atoms with van der Waals surface area (Å²) < 4.78 is 6.57. The molecule has 1 aliphatic heterocycles. The average Bonchev–Trinajstić information content (AvgIpc) is 2.39. The van der Waals surface area contributed by atoms with Gasteiger partial charge < -0.3 is 10.5 Å². The maximum Gasteiger partial charge on any atom is 0.0594 e. The lowest BCUT2D eigenvalue weighted by molar-refractivity contribution is 0.0384. The minimum atomic E-state index is 0.708. The summed E-state index contributed by atoms with van der Waals surface area (Å²) in [7, 11) is 0. The first-order valence-electron chi connectivity index (χ1n) is 6.57. The smallest absolute Gasteiger partial charge is 0.0594 e. The number of nitrogens with two attached hydrogens (primary N) is 1. The lowest BCUT2D eigenvalue weighted by atomic mass is 10.1. The van der Waals surface area contributed by atoms with Gasteiger partial charge in [-0.2, -0.15) is 0 Å². The highest BCUT2D eigenvalue weighted by Crippen LogP contribution is 2.20. The molecule has 0 unspecified atom stereocenters. The van der Waals surface area contributed by atoms with E-state index in [1.165, 1.54) is 15.6 Å². The van der Waals surface area contributed by atoms with Crippen molar-refractivity contribution < 1.29 is 4.74 Å². The summed E-state index contributed by atoms with van der Waals surface area (Å²) in [6, 6.07) is 6.60. The highest BCUT2D eigenvalue weighted by molar-refractivity contribution is 9.10. The van der Waals surface area contributed by atoms with Crippen LogP contribution in [0.1, 0.15) is 11.1 Å². The molecular weight excluding hydrogens is 292 g/mol. The molecule has 3 nitrogen and oxygen atoms in total. The second kappa shape index (κ2) is 7.24. The Morgan fingerprint density at radius 1 is 1.22 bits per heavy atom. The fraction of sp³-hybridized carbons (Fsp3) is 0.571. The molecule has 0 bridgehead atoms. The largest absolute Gasteiger partial charge is 0.379 e. The van der Waals surface area contributed by atoms with E-state index in [0.717, 1.165) is 45.7 Å². The molecule has 1 aromatic rings. The first-order chi connectivity index (χ1) is 8.79. The second-order valence-electron chi connectivity index (χ2n) is 4.67. The first kappa shape index (κ1) is 14.0. The summed E-state index contributed by atoms with van der Waals surface area (Å²) >= 11 is 3.66. The van der Waals surface area contributed by atoms with Gasteiger partial charge in [-0.1, -0.05) is 28.1 Å². The van der Waals surface area contributed by atoms with Crippen LogP contribution in [0.5, 0.6) is 0 Å². The summed E-state index contributed by atoms with van der Waals surface area (Å²) in [4.78, 5) is 2.46. The van der Waals surface area contributed by atoms with Gasteiger partial charge in [-0.15, -0.1) is 0 Å². The average molecular weight is 313 g/mol. The van der Waals surface area contributed by atoms with Crippen LogP contribution in [0.2, 0.25) is 0 Å². The van der Waals surface area contributed by atoms with E-state index in [1.807, 2.05) is 0 Å². The predicted molar refractivity (Wildman–Crippen MR) is 77.9 cm³/mol. The summed E-state index contributed by atoms with van der Waals surface area (Å²) in [5, 5.41) is 0. The Morgan fingerprint density at radius 3 is 2.67 bits per heavy atom. The maximum atomic E-state index is 5.57. The van der Waals surface area contributed by atoms with E-state index in [2.05, 4.69) is 39.0 Å². The molecule has 1 fully saturated rings. The van der Waals surface area contributed by atoms with E-state index in [4.69, 9.17) is 10.5 Å². The van der Waals surface area contributed by atoms with Crippen LogP contribution in [0.4, 0.5) is 0 Å². The van der Waals surface area contributed by atoms with Crippen LogP contribution >= 0.6 is 15.9 Å². The molecule has 1 aromatic carbocycles. The third-order valence-electron chi connectivity index (χ3n) is 3.35. The molecule has 0 aromatic heterocycles. The SMILES string of the molecule is NCCc1ccc(CCN2CCOCC2)c(Br)c1. The molecule has 2 rings (SSSR count). The topological polar surface area (TPSA) is 38.5 Å². The van der Waals surface area contributed by atoms with Crippen LogP contribution in [0.25, 0.3) is 0 Å². The van der Waals surface area contributed by atoms with Crippen molar-refractivity contribution in [3.8, 4) is 0 Å². The van der Waals surface area contributed by atoms with Crippen molar-refractivity contribution in [3.05, 3.63) is 33.8 Å². The number of halogens is 1. The molecule has 0 spiro atoms. The van der Waals surface area contributed by atoms with E-state index >= 15 is 0 Å². The zero-order chi connectivity index (χ0) is 12.8. The number of nitrogens with zero attached hydrogens (tertiary/aromatic N) is 1. The summed E-state index contributed by atoms with van der Waals surface area (Å²) in [6.07, 6.45) is 2.03. The van der Waals surface area contributed by atoms with Gasteiger partial charge >= 0.3 is 0 Å². The van der Waals surface area contributed by atoms with Gasteiger partial charge in [0.2, 0.25) is 0 Å². The third kappa shape index (κ3) is 4.05. The van der Waals surface area contributed by atoms with E-state index in [-0.39, 0.29) is 0 Å². The van der Waals surface area contributed by atoms with Gasteiger partial charge in [0, 0.05) is 24.1 Å². The summed E-state index contributed by atoms with van der Waals surface area (Å²) in [5.41, 5.74) is 8.25. The predicted octanol–water partition coefficient (Wildman–Crippen LogP) is 1.82. The quantitative estimate of drug-likeness (QED) is 0.901. The Morgan fingerprint density at radius 2 is 2.00 bits per heavy atom. The zero-order valence-electron chi connectivity index (χ0n) is 10.7. The van der Waals surface area contributed by atoms with Gasteiger partial charge in [0.1, 0.15) is 0 Å². The van der Waals surface area contributed by atoms with E-state index in [0.29, 0.717) is 6.54 Å². The van der Waals surface area contributed by atoms with Gasteiger partial charge in [-0.3, -0.25) is 4.90 Å². The molecule has 18 heavy (non-hydrogen) atoms. The van der Waals surface area contributed by atoms with Gasteiger partial charge in [0.05, 0.1) is 13.2 Å². The standard InChI is InChI=1S/C14H21BrN2O/c15-14-11-12(3-5-16)1-2-13(14)4-6-17-7-9-18-10-8-17/h1-2,11H,3-10,16H2. The van der Waals surface area contributed by atoms with Crippen LogP contribution in [0.15, 0.2) is 22.7 Å². The number of rotatable bonds is 5. The van der Waals surface area contributed by atoms with E-state index in [1.54, 1.807) is 0 Å². The van der Waals surface area contributed by atoms with E-state index in [9.17, 15) is 0 Å². The van der Waals surface area contributed by atoms with Crippen LogP contribution in [0.3, 0.4) is 0 Å². The molecule has 1 saturated heterocycles. The number of benzene rings is 1. The van der Waals surface area contributed by atoms with Gasteiger partial charge in [0.15, 0.2) is 0 Å². The van der Waals surface area contributed by atoms with Crippen molar-refractivity contribution in [1.82, 2.24) is 4.90 Å². The first-order valence-corrected chi connectivity index (χ1v) is 7.36. The molecule has 0 atom stereocenters. The molecule has 0 radical (unpaired) electrons. The lowest BCUT2D eigenvalue weighted by Crippen LogP contribution is -2.37. The number of morpholine rings is 1. The highest BCUT2D eigenvalue weighted by atomic mass is 79.9. The highest BCUT2D eigenvalue weighted by Gasteiger charge is 2.10. The fourth-order valence-corrected chi connectivity index (χ4v) is 2.84. The molecule has 1 aliphatic rings. The van der Waals surface area contributed by atoms with Gasteiger partial charge in [-0.05, 0) is 36.6 Å². The van der Waals surface area contributed by atoms with Crippen LogP contribution in [0, 0.1) is 0 Å². The van der Waals surface area contributed by atoms with Crippen molar-refractivity contribution in [2.75, 3.05) is 39.4 Å². The van der Waals surface area contributed by atoms with Crippen LogP contribution in [-0.2, 0) is 17.6 Å². The Balaban J connectivity index is 1.88. The molecule has 0 aliphatic carbocycles. The van der Waals surface area contributed by atoms with Gasteiger partial charge in [-0.25, -0.2) is 0 Å². The minimum Gasteiger partial charge on any atom is -0.379 e. The molecule has 4 heteroatoms. The Labute approximate surface area is 117 Å². The van der Waals surface area contributed by atoms with Crippen molar-refractivity contribution in [3.63, 3.8) is 0 Å². The minimum absolute atomic E-state index is 0.708. The third-order valence-corrected chi connectivity index (χ3v) is 4.09. The summed E-state index contributed by atoms with van der Waals surface area (Å²) in [5.74, 6) is 0. The normalized spacial score (nSPS) is 17.0. The van der Waals surface area contributed by atoms with Crippen molar-refractivity contribution in [1.29, 1.82) is 0 Å². The summed E-state index contributed by atoms with van der Waals surface area (Å²) in [6.45, 7) is 5.68. The molecular formula is C14H21BrN2O. The monoisotopic (exact) mass is 312 g/mol. The van der Waals surface area contributed by atoms with Crippen LogP contribution < -0.4 is 5.73 Å². The van der Waals surface area contributed by atoms with E-state index < -0.39 is 0 Å². The molecule has 1 heterocycles. The molecule has 2 N–H and O–H groups in total. The van der Waals surface area contributed by atoms with Crippen molar-refractivity contribution in [2.24, 2.45) is 5.73 Å². The lowest BCUT2D eigenvalue weighted by Gasteiger charge is -2.26. The maximum absolute atomic E-state index is 5.57. The second-order valence-corrected chi connectivity index (χ2v) is 5.52. The van der Waals surface area contributed by atoms with Crippen LogP contribution in [-0.4, -0.2) is 44.3 Å². The number of hydrogen-bond donors (Lipinski definition) is 1.